The van der Waals surface area contributed by atoms with Gasteiger partial charge in [-0.2, -0.15) is 0 Å². The number of piperidine rings is 1. The predicted molar refractivity (Wildman–Crippen MR) is 128 cm³/mol. The molecule has 1 unspecified atom stereocenters. The van der Waals surface area contributed by atoms with E-state index < -0.39 is 0 Å². The second kappa shape index (κ2) is 12.4. The first-order valence-electron chi connectivity index (χ1n) is 10.6. The molecular weight excluding hydrogens is 479 g/mol. The monoisotopic (exact) mass is 514 g/mol. The van der Waals surface area contributed by atoms with Crippen molar-refractivity contribution >= 4 is 35.8 Å². The molecule has 0 saturated carbocycles. The summed E-state index contributed by atoms with van der Waals surface area (Å²) in [6, 6.07) is 7.92. The normalized spacial score (nSPS) is 19.6. The number of benzene rings is 1. The molecule has 1 amide bonds. The Bertz CT molecular complexity index is 653. The van der Waals surface area contributed by atoms with Gasteiger partial charge >= 0.3 is 0 Å². The van der Waals surface area contributed by atoms with E-state index in [0.717, 1.165) is 75.7 Å². The van der Waals surface area contributed by atoms with Crippen molar-refractivity contribution in [2.45, 2.75) is 39.2 Å². The largest absolute Gasteiger partial charge is 0.381 e. The molecule has 1 aromatic carbocycles. The number of rotatable bonds is 6. The number of hydrogen-bond donors (Lipinski definition) is 1. The minimum absolute atomic E-state index is 0. The number of ether oxygens (including phenoxy) is 1. The van der Waals surface area contributed by atoms with E-state index in [0.29, 0.717) is 12.5 Å². The van der Waals surface area contributed by atoms with Crippen LogP contribution in [0.15, 0.2) is 29.3 Å². The van der Waals surface area contributed by atoms with Crippen LogP contribution in [0.25, 0.3) is 0 Å². The predicted octanol–water partition coefficient (Wildman–Crippen LogP) is 3.36. The van der Waals surface area contributed by atoms with Gasteiger partial charge in [0.15, 0.2) is 5.96 Å². The maximum atomic E-state index is 12.6. The van der Waals surface area contributed by atoms with Crippen LogP contribution in [0.5, 0.6) is 0 Å². The van der Waals surface area contributed by atoms with Gasteiger partial charge in [0.25, 0.3) is 5.91 Å². The highest BCUT2D eigenvalue weighted by Crippen LogP contribution is 2.15. The molecule has 2 heterocycles. The standard InChI is InChI=1S/C22H34N4O2.HI/c1-3-23-22(25(2)16-19-11-14-28-17-19)24-15-18-7-9-20(10-8-18)21(27)26-12-5-4-6-13-26;/h7-10,19H,3-6,11-17H2,1-2H3,(H,23,24);1H. The van der Waals surface area contributed by atoms with Crippen LogP contribution in [-0.2, 0) is 11.3 Å². The van der Waals surface area contributed by atoms with E-state index in [1.165, 1.54) is 6.42 Å². The minimum Gasteiger partial charge on any atom is -0.381 e. The summed E-state index contributed by atoms with van der Waals surface area (Å²) in [6.45, 7) is 7.97. The minimum atomic E-state index is 0. The molecule has 7 heteroatoms. The van der Waals surface area contributed by atoms with Crippen molar-refractivity contribution in [2.24, 2.45) is 10.9 Å². The molecule has 29 heavy (non-hydrogen) atoms. The second-order valence-electron chi connectivity index (χ2n) is 7.83. The van der Waals surface area contributed by atoms with Crippen molar-refractivity contribution in [3.8, 4) is 0 Å². The lowest BCUT2D eigenvalue weighted by atomic mass is 10.1. The molecule has 2 aliphatic heterocycles. The first kappa shape index (κ1) is 23.9. The van der Waals surface area contributed by atoms with Crippen molar-refractivity contribution < 1.29 is 9.53 Å². The molecule has 0 aromatic heterocycles. The van der Waals surface area contributed by atoms with E-state index in [9.17, 15) is 4.79 Å². The summed E-state index contributed by atoms with van der Waals surface area (Å²) in [6.07, 6.45) is 4.59. The first-order chi connectivity index (χ1) is 13.7. The second-order valence-corrected chi connectivity index (χ2v) is 7.83. The van der Waals surface area contributed by atoms with Gasteiger partial charge in [0.1, 0.15) is 0 Å². The number of aliphatic imine (C=N–C) groups is 1. The number of amides is 1. The third kappa shape index (κ3) is 7.13. The Morgan fingerprint density at radius 2 is 1.97 bits per heavy atom. The van der Waals surface area contributed by atoms with Crippen LogP contribution in [0.3, 0.4) is 0 Å². The van der Waals surface area contributed by atoms with Crippen LogP contribution in [0, 0.1) is 5.92 Å². The van der Waals surface area contributed by atoms with Crippen LogP contribution in [0.4, 0.5) is 0 Å². The fraction of sp³-hybridized carbons (Fsp3) is 0.636. The Balaban J connectivity index is 0.00000300. The number of likely N-dealkylation sites (tertiary alicyclic amines) is 1. The summed E-state index contributed by atoms with van der Waals surface area (Å²) in [7, 11) is 2.08. The zero-order valence-electron chi connectivity index (χ0n) is 17.7. The van der Waals surface area contributed by atoms with Gasteiger partial charge in [-0.3, -0.25) is 4.79 Å². The van der Waals surface area contributed by atoms with E-state index >= 15 is 0 Å². The molecule has 6 nitrogen and oxygen atoms in total. The highest BCUT2D eigenvalue weighted by molar-refractivity contribution is 14.0. The lowest BCUT2D eigenvalue weighted by molar-refractivity contribution is 0.0724. The van der Waals surface area contributed by atoms with Crippen LogP contribution in [0.1, 0.15) is 48.5 Å². The van der Waals surface area contributed by atoms with E-state index in [4.69, 9.17) is 9.73 Å². The fourth-order valence-electron chi connectivity index (χ4n) is 3.87. The Hall–Kier alpha value is -1.35. The smallest absolute Gasteiger partial charge is 0.253 e. The summed E-state index contributed by atoms with van der Waals surface area (Å²) in [4.78, 5) is 21.5. The number of carbonyl (C=O) groups excluding carboxylic acids is 1. The number of carbonyl (C=O) groups is 1. The topological polar surface area (TPSA) is 57.2 Å². The van der Waals surface area contributed by atoms with Gasteiger partial charge in [0.05, 0.1) is 13.2 Å². The molecule has 1 atom stereocenters. The molecule has 1 aromatic rings. The highest BCUT2D eigenvalue weighted by Gasteiger charge is 2.19. The quantitative estimate of drug-likeness (QED) is 0.360. The maximum absolute atomic E-state index is 12.6. The molecule has 0 aliphatic carbocycles. The van der Waals surface area contributed by atoms with Crippen molar-refractivity contribution in [3.05, 3.63) is 35.4 Å². The molecular formula is C22H35IN4O2. The molecule has 3 rings (SSSR count). The summed E-state index contributed by atoms with van der Waals surface area (Å²) in [5.41, 5.74) is 1.89. The Labute approximate surface area is 192 Å². The molecule has 0 radical (unpaired) electrons. The molecule has 0 spiro atoms. The molecule has 0 bridgehead atoms. The van der Waals surface area contributed by atoms with E-state index in [1.807, 2.05) is 29.2 Å². The molecule has 162 valence electrons. The van der Waals surface area contributed by atoms with Gasteiger partial charge in [-0.05, 0) is 50.3 Å². The van der Waals surface area contributed by atoms with Crippen LogP contribution >= 0.6 is 24.0 Å². The van der Waals surface area contributed by atoms with Crippen LogP contribution in [0.2, 0.25) is 0 Å². The number of halogens is 1. The molecule has 2 saturated heterocycles. The number of guanidine groups is 1. The van der Waals surface area contributed by atoms with E-state index in [-0.39, 0.29) is 29.9 Å². The molecule has 2 aliphatic rings. The lowest BCUT2D eigenvalue weighted by Gasteiger charge is -2.26. The Kier molecular flexibility index (Phi) is 10.2. The number of nitrogens with one attached hydrogen (secondary N) is 1. The van der Waals surface area contributed by atoms with E-state index in [1.54, 1.807) is 0 Å². The zero-order chi connectivity index (χ0) is 19.8. The Morgan fingerprint density at radius 1 is 1.24 bits per heavy atom. The molecule has 1 N–H and O–H groups in total. The number of nitrogens with zero attached hydrogens (tertiary/aromatic N) is 3. The summed E-state index contributed by atoms with van der Waals surface area (Å²) in [5, 5.41) is 3.37. The third-order valence-corrected chi connectivity index (χ3v) is 5.51. The lowest BCUT2D eigenvalue weighted by Crippen LogP contribution is -2.41. The highest BCUT2D eigenvalue weighted by atomic mass is 127. The van der Waals surface area contributed by atoms with Gasteiger partial charge < -0.3 is 19.9 Å². The van der Waals surface area contributed by atoms with Crippen molar-refractivity contribution in [1.82, 2.24) is 15.1 Å². The van der Waals surface area contributed by atoms with Gasteiger partial charge in [-0.25, -0.2) is 4.99 Å². The summed E-state index contributed by atoms with van der Waals surface area (Å²) in [5.74, 6) is 1.65. The van der Waals surface area contributed by atoms with Gasteiger partial charge in [-0.1, -0.05) is 12.1 Å². The van der Waals surface area contributed by atoms with E-state index in [2.05, 4.69) is 24.2 Å². The van der Waals surface area contributed by atoms with Gasteiger partial charge in [-0.15, -0.1) is 24.0 Å². The maximum Gasteiger partial charge on any atom is 0.253 e. The van der Waals surface area contributed by atoms with Crippen LogP contribution < -0.4 is 5.32 Å². The Morgan fingerprint density at radius 3 is 2.59 bits per heavy atom. The SMILES string of the molecule is CCNC(=NCc1ccc(C(=O)N2CCCCC2)cc1)N(C)CC1CCOC1.I. The van der Waals surface area contributed by atoms with Gasteiger partial charge in [0.2, 0.25) is 0 Å². The zero-order valence-corrected chi connectivity index (χ0v) is 20.1. The average Bonchev–Trinajstić information content (AvgIpc) is 3.24. The van der Waals surface area contributed by atoms with Crippen molar-refractivity contribution in [1.29, 1.82) is 0 Å². The average molecular weight is 514 g/mol. The van der Waals surface area contributed by atoms with Gasteiger partial charge in [0, 0.05) is 51.3 Å². The third-order valence-electron chi connectivity index (χ3n) is 5.51. The summed E-state index contributed by atoms with van der Waals surface area (Å²) < 4.78 is 5.48. The van der Waals surface area contributed by atoms with Crippen molar-refractivity contribution in [2.75, 3.05) is 46.4 Å². The first-order valence-corrected chi connectivity index (χ1v) is 10.6. The number of hydrogen-bond acceptors (Lipinski definition) is 3. The van der Waals surface area contributed by atoms with Crippen molar-refractivity contribution in [3.63, 3.8) is 0 Å². The fourth-order valence-corrected chi connectivity index (χ4v) is 3.87. The summed E-state index contributed by atoms with van der Waals surface area (Å²) >= 11 is 0. The van der Waals surface area contributed by atoms with Crippen LogP contribution in [-0.4, -0.2) is 68.1 Å². The molecule has 2 fully saturated rings.